The second kappa shape index (κ2) is 46.8. The van der Waals surface area contributed by atoms with Crippen LogP contribution >= 0.6 is 0 Å². The highest BCUT2D eigenvalue weighted by Crippen LogP contribution is 2.13. The molecule has 0 aromatic rings. The molecule has 1 atom stereocenters. The van der Waals surface area contributed by atoms with Crippen LogP contribution in [0.15, 0.2) is 109 Å². The number of hydrogen-bond acceptors (Lipinski definition) is 6. The van der Waals surface area contributed by atoms with Gasteiger partial charge in [-0.1, -0.05) is 207 Å². The number of hydrogen-bond donors (Lipinski definition) is 0. The molecule has 0 rings (SSSR count). The zero-order valence-corrected chi connectivity index (χ0v) is 37.7. The molecule has 0 aliphatic heterocycles. The first-order valence-electron chi connectivity index (χ1n) is 23.5. The molecular weight excluding hydrogens is 733 g/mol. The Labute approximate surface area is 361 Å². The minimum atomic E-state index is -0.852. The molecule has 0 N–H and O–H groups in total. The second-order valence-electron chi connectivity index (χ2n) is 15.0. The lowest BCUT2D eigenvalue weighted by molar-refractivity contribution is -0.166. The van der Waals surface area contributed by atoms with E-state index in [0.29, 0.717) is 19.3 Å². The van der Waals surface area contributed by atoms with Crippen LogP contribution in [-0.4, -0.2) is 37.2 Å². The van der Waals surface area contributed by atoms with Gasteiger partial charge in [-0.25, -0.2) is 0 Å². The fourth-order valence-electron chi connectivity index (χ4n) is 5.94. The van der Waals surface area contributed by atoms with Gasteiger partial charge in [-0.3, -0.25) is 14.4 Å². The highest BCUT2D eigenvalue weighted by Gasteiger charge is 2.19. The van der Waals surface area contributed by atoms with E-state index in [1.54, 1.807) is 6.08 Å². The molecule has 0 spiro atoms. The van der Waals surface area contributed by atoms with Gasteiger partial charge in [0.05, 0.1) is 6.42 Å². The predicted octanol–water partition coefficient (Wildman–Crippen LogP) is 15.2. The molecule has 59 heavy (non-hydrogen) atoms. The van der Waals surface area contributed by atoms with Gasteiger partial charge in [0, 0.05) is 12.8 Å². The monoisotopic (exact) mass is 817 g/mol. The summed E-state index contributed by atoms with van der Waals surface area (Å²) in [6.07, 6.45) is 62.7. The van der Waals surface area contributed by atoms with E-state index in [0.717, 1.165) is 44.9 Å². The van der Waals surface area contributed by atoms with Gasteiger partial charge in [0.25, 0.3) is 0 Å². The first kappa shape index (κ1) is 55.1. The van der Waals surface area contributed by atoms with Gasteiger partial charge in [0.15, 0.2) is 6.10 Å². The Morgan fingerprint density at radius 1 is 0.390 bits per heavy atom. The summed E-state index contributed by atoms with van der Waals surface area (Å²) in [6, 6.07) is 0. The van der Waals surface area contributed by atoms with Crippen LogP contribution in [0, 0.1) is 0 Å². The third-order valence-electron chi connectivity index (χ3n) is 9.40. The Kier molecular flexibility index (Phi) is 43.6. The molecule has 0 radical (unpaired) electrons. The van der Waals surface area contributed by atoms with E-state index < -0.39 is 18.0 Å². The molecule has 0 saturated carbocycles. The van der Waals surface area contributed by atoms with Crippen molar-refractivity contribution in [2.24, 2.45) is 0 Å². The van der Waals surface area contributed by atoms with Crippen molar-refractivity contribution in [2.75, 3.05) is 13.2 Å². The van der Waals surface area contributed by atoms with E-state index in [-0.39, 0.29) is 32.0 Å². The maximum atomic E-state index is 12.7. The SMILES string of the molecule is CC\C=C/C=C\C=C/C=C\C=C/CCCC(=O)OC(COC(=O)C/C=C\C/C=C\C/C=C\CC)COC(=O)CCCCCCCCC/C=C\CCCCCCCCCC. The Hall–Kier alpha value is -3.93. The predicted molar refractivity (Wildman–Crippen MR) is 251 cm³/mol. The molecule has 0 amide bonds. The average molecular weight is 817 g/mol. The van der Waals surface area contributed by atoms with Crippen LogP contribution in [0.5, 0.6) is 0 Å². The Balaban J connectivity index is 4.47. The van der Waals surface area contributed by atoms with Crippen molar-refractivity contribution in [2.45, 2.75) is 194 Å². The average Bonchev–Trinajstić information content (AvgIpc) is 3.23. The van der Waals surface area contributed by atoms with Crippen LogP contribution in [0.25, 0.3) is 0 Å². The van der Waals surface area contributed by atoms with E-state index in [4.69, 9.17) is 14.2 Å². The first-order valence-corrected chi connectivity index (χ1v) is 23.5. The summed E-state index contributed by atoms with van der Waals surface area (Å²) in [4.78, 5) is 37.6. The van der Waals surface area contributed by atoms with E-state index >= 15 is 0 Å². The number of unbranched alkanes of at least 4 members (excludes halogenated alkanes) is 16. The summed E-state index contributed by atoms with van der Waals surface area (Å²) in [6.45, 7) is 6.18. The van der Waals surface area contributed by atoms with Crippen molar-refractivity contribution in [3.8, 4) is 0 Å². The summed E-state index contributed by atoms with van der Waals surface area (Å²) < 4.78 is 16.5. The fourth-order valence-corrected chi connectivity index (χ4v) is 5.94. The molecule has 1 unspecified atom stereocenters. The summed E-state index contributed by atoms with van der Waals surface area (Å²) in [5.41, 5.74) is 0. The third-order valence-corrected chi connectivity index (χ3v) is 9.40. The quantitative estimate of drug-likeness (QED) is 0.0201. The topological polar surface area (TPSA) is 78.9 Å². The third kappa shape index (κ3) is 45.0. The van der Waals surface area contributed by atoms with Crippen molar-refractivity contribution in [3.63, 3.8) is 0 Å². The molecule has 0 bridgehead atoms. The fraction of sp³-hybridized carbons (Fsp3) is 0.604. The normalized spacial score (nSPS) is 13.1. The summed E-state index contributed by atoms with van der Waals surface area (Å²) in [5.74, 6) is -1.16. The molecule has 0 saturated heterocycles. The number of allylic oxidation sites excluding steroid dienone is 17. The van der Waals surface area contributed by atoms with Crippen LogP contribution in [0.1, 0.15) is 188 Å². The van der Waals surface area contributed by atoms with Gasteiger partial charge in [0.1, 0.15) is 13.2 Å². The summed E-state index contributed by atoms with van der Waals surface area (Å²) in [7, 11) is 0. The number of ether oxygens (including phenoxy) is 3. The molecule has 332 valence electrons. The summed E-state index contributed by atoms with van der Waals surface area (Å²) in [5, 5.41) is 0. The second-order valence-corrected chi connectivity index (χ2v) is 15.0. The minimum Gasteiger partial charge on any atom is -0.462 e. The molecule has 0 fully saturated rings. The van der Waals surface area contributed by atoms with Gasteiger partial charge >= 0.3 is 17.9 Å². The van der Waals surface area contributed by atoms with Gasteiger partial charge in [-0.15, -0.1) is 0 Å². The first-order chi connectivity index (χ1) is 29.0. The van der Waals surface area contributed by atoms with Crippen LogP contribution in [0.2, 0.25) is 0 Å². The lowest BCUT2D eigenvalue weighted by atomic mass is 10.1. The number of carbonyl (C=O) groups is 3. The van der Waals surface area contributed by atoms with E-state index in [2.05, 4.69) is 63.3 Å². The lowest BCUT2D eigenvalue weighted by Gasteiger charge is -2.18. The number of carbonyl (C=O) groups excluding carboxylic acids is 3. The van der Waals surface area contributed by atoms with Gasteiger partial charge in [-0.2, -0.15) is 0 Å². The van der Waals surface area contributed by atoms with Crippen molar-refractivity contribution in [1.82, 2.24) is 0 Å². The molecule has 0 aliphatic rings. The molecule has 0 aromatic carbocycles. The molecule has 6 heteroatoms. The lowest BCUT2D eigenvalue weighted by Crippen LogP contribution is -2.30. The Bertz CT molecular complexity index is 1260. The zero-order valence-electron chi connectivity index (χ0n) is 37.7. The van der Waals surface area contributed by atoms with Crippen molar-refractivity contribution >= 4 is 17.9 Å². The van der Waals surface area contributed by atoms with E-state index in [1.165, 1.54) is 89.9 Å². The molecule has 0 heterocycles. The molecule has 0 aromatic heterocycles. The van der Waals surface area contributed by atoms with Crippen LogP contribution < -0.4 is 0 Å². The van der Waals surface area contributed by atoms with Crippen molar-refractivity contribution < 1.29 is 28.6 Å². The van der Waals surface area contributed by atoms with Gasteiger partial charge in [-0.05, 0) is 70.6 Å². The smallest absolute Gasteiger partial charge is 0.309 e. The summed E-state index contributed by atoms with van der Waals surface area (Å²) >= 11 is 0. The van der Waals surface area contributed by atoms with Crippen LogP contribution in [0.3, 0.4) is 0 Å². The number of rotatable bonds is 40. The molecule has 6 nitrogen and oxygen atoms in total. The Morgan fingerprint density at radius 2 is 0.831 bits per heavy atom. The highest BCUT2D eigenvalue weighted by molar-refractivity contribution is 5.72. The highest BCUT2D eigenvalue weighted by atomic mass is 16.6. The van der Waals surface area contributed by atoms with Gasteiger partial charge < -0.3 is 14.2 Å². The minimum absolute atomic E-state index is 0.115. The van der Waals surface area contributed by atoms with E-state index in [1.807, 2.05) is 60.8 Å². The molecule has 0 aliphatic carbocycles. The zero-order chi connectivity index (χ0) is 43.0. The van der Waals surface area contributed by atoms with Crippen LogP contribution in [-0.2, 0) is 28.6 Å². The van der Waals surface area contributed by atoms with Crippen LogP contribution in [0.4, 0.5) is 0 Å². The maximum absolute atomic E-state index is 12.7. The standard InChI is InChI=1S/C53H84O6/c1-4-7-10-13-16-19-21-23-24-25-26-27-28-30-31-34-37-40-43-46-52(55)58-49-50(48-57-51(54)45-42-39-36-33-18-15-12-9-6-3)59-53(56)47-44-41-38-35-32-29-22-20-17-14-11-8-5-2/h8-9,11-12,14,17-18,20,22,25-26,29,32-33,35,38-39,42,50H,4-7,10,13,15-16,19,21,23-24,27-28,30-31,34,36-37,40-41,43-49H2,1-3H3/b11-8-,12-9-,17-14-,22-20-,26-25-,32-29-,33-18-,38-35-,42-39-. The van der Waals surface area contributed by atoms with Gasteiger partial charge in [0.2, 0.25) is 0 Å². The van der Waals surface area contributed by atoms with Crippen molar-refractivity contribution in [1.29, 1.82) is 0 Å². The van der Waals surface area contributed by atoms with Crippen molar-refractivity contribution in [3.05, 3.63) is 109 Å². The maximum Gasteiger partial charge on any atom is 0.309 e. The largest absolute Gasteiger partial charge is 0.462 e. The van der Waals surface area contributed by atoms with E-state index in [9.17, 15) is 14.4 Å². The molecular formula is C53H84O6. The Morgan fingerprint density at radius 3 is 1.41 bits per heavy atom. The number of esters is 3.